The largest absolute Gasteiger partial charge is 0.497 e. The average Bonchev–Trinajstić information content (AvgIpc) is 2.66. The predicted octanol–water partition coefficient (Wildman–Crippen LogP) is 3.04. The number of benzene rings is 2. The number of methoxy groups -OCH3 is 2. The second-order valence-electron chi connectivity index (χ2n) is 5.08. The van der Waals surface area contributed by atoms with Gasteiger partial charge in [-0.3, -0.25) is 4.79 Å². The second kappa shape index (κ2) is 9.22. The van der Waals surface area contributed by atoms with Gasteiger partial charge in [0.2, 0.25) is 0 Å². The maximum absolute atomic E-state index is 13.4. The van der Waals surface area contributed by atoms with Crippen LogP contribution in [0.4, 0.5) is 10.1 Å². The number of amides is 1. The third-order valence-electron chi connectivity index (χ3n) is 3.33. The van der Waals surface area contributed by atoms with Crippen molar-refractivity contribution in [3.05, 3.63) is 59.9 Å². The molecule has 0 bridgehead atoms. The highest BCUT2D eigenvalue weighted by molar-refractivity contribution is 5.95. The first kappa shape index (κ1) is 19.0. The van der Waals surface area contributed by atoms with Gasteiger partial charge in [0.25, 0.3) is 5.91 Å². The maximum atomic E-state index is 13.4. The van der Waals surface area contributed by atoms with Gasteiger partial charge in [0.1, 0.15) is 17.3 Å². The first-order chi connectivity index (χ1) is 12.5. The van der Waals surface area contributed by atoms with Crippen molar-refractivity contribution in [2.24, 2.45) is 0 Å². The first-order valence-electron chi connectivity index (χ1n) is 7.64. The molecule has 2 aromatic carbocycles. The van der Waals surface area contributed by atoms with E-state index >= 15 is 0 Å². The molecule has 0 aliphatic heterocycles. The molecular weight excluding hydrogens is 341 g/mol. The van der Waals surface area contributed by atoms with Gasteiger partial charge in [0, 0.05) is 17.7 Å². The quantitative estimate of drug-likeness (QED) is 0.608. The lowest BCUT2D eigenvalue weighted by molar-refractivity contribution is -0.142. The van der Waals surface area contributed by atoms with Crippen molar-refractivity contribution in [3.63, 3.8) is 0 Å². The summed E-state index contributed by atoms with van der Waals surface area (Å²) >= 11 is 0. The fraction of sp³-hybridized carbons (Fsp3) is 0.158. The van der Waals surface area contributed by atoms with Crippen LogP contribution in [0.25, 0.3) is 6.08 Å². The lowest BCUT2D eigenvalue weighted by Gasteiger charge is -2.11. The number of carbonyl (C=O) groups excluding carboxylic acids is 2. The number of rotatable bonds is 7. The minimum absolute atomic E-state index is 0.247. The number of anilines is 1. The Kier molecular flexibility index (Phi) is 6.73. The molecule has 0 saturated carbocycles. The number of ether oxygens (including phenoxy) is 3. The highest BCUT2D eigenvalue weighted by Crippen LogP contribution is 2.28. The van der Waals surface area contributed by atoms with E-state index in [4.69, 9.17) is 14.2 Å². The van der Waals surface area contributed by atoms with Crippen LogP contribution < -0.4 is 14.8 Å². The van der Waals surface area contributed by atoms with Crippen LogP contribution in [0.3, 0.4) is 0 Å². The van der Waals surface area contributed by atoms with Gasteiger partial charge < -0.3 is 19.5 Å². The molecule has 0 aliphatic rings. The molecule has 7 heteroatoms. The van der Waals surface area contributed by atoms with Crippen molar-refractivity contribution in [1.82, 2.24) is 0 Å². The molecule has 26 heavy (non-hydrogen) atoms. The van der Waals surface area contributed by atoms with E-state index < -0.39 is 24.3 Å². The maximum Gasteiger partial charge on any atom is 0.331 e. The smallest absolute Gasteiger partial charge is 0.331 e. The van der Waals surface area contributed by atoms with E-state index in [1.54, 1.807) is 30.3 Å². The zero-order valence-electron chi connectivity index (χ0n) is 14.3. The molecule has 0 unspecified atom stereocenters. The van der Waals surface area contributed by atoms with E-state index in [1.165, 1.54) is 32.4 Å². The van der Waals surface area contributed by atoms with Crippen molar-refractivity contribution in [2.45, 2.75) is 0 Å². The first-order valence-corrected chi connectivity index (χ1v) is 7.64. The van der Waals surface area contributed by atoms with Gasteiger partial charge in [0.15, 0.2) is 6.61 Å². The molecule has 2 rings (SSSR count). The van der Waals surface area contributed by atoms with E-state index in [0.29, 0.717) is 17.2 Å². The van der Waals surface area contributed by atoms with Crippen LogP contribution in [-0.2, 0) is 14.3 Å². The number of hydrogen-bond acceptors (Lipinski definition) is 5. The summed E-state index contributed by atoms with van der Waals surface area (Å²) in [5, 5.41) is 2.57. The van der Waals surface area contributed by atoms with Crippen molar-refractivity contribution in [1.29, 1.82) is 0 Å². The molecule has 0 spiro atoms. The van der Waals surface area contributed by atoms with E-state index in [2.05, 4.69) is 5.32 Å². The van der Waals surface area contributed by atoms with Crippen LogP contribution in [0.2, 0.25) is 0 Å². The van der Waals surface area contributed by atoms with Gasteiger partial charge in [-0.25, -0.2) is 9.18 Å². The Labute approximate surface area is 150 Å². The Bertz CT molecular complexity index is 819. The molecule has 0 heterocycles. The summed E-state index contributed by atoms with van der Waals surface area (Å²) < 4.78 is 28.5. The summed E-state index contributed by atoms with van der Waals surface area (Å²) in [5.74, 6) is -0.778. The van der Waals surface area contributed by atoms with Crippen LogP contribution in [0.1, 0.15) is 5.56 Å². The third kappa shape index (κ3) is 5.34. The fourth-order valence-corrected chi connectivity index (χ4v) is 2.04. The summed E-state index contributed by atoms with van der Waals surface area (Å²) in [4.78, 5) is 23.5. The highest BCUT2D eigenvalue weighted by Gasteiger charge is 2.10. The van der Waals surface area contributed by atoms with E-state index in [-0.39, 0.29) is 5.56 Å². The number of carbonyl (C=O) groups is 2. The molecule has 0 fully saturated rings. The van der Waals surface area contributed by atoms with Gasteiger partial charge in [-0.15, -0.1) is 0 Å². The predicted molar refractivity (Wildman–Crippen MR) is 94.6 cm³/mol. The number of nitrogens with one attached hydrogen (secondary N) is 1. The van der Waals surface area contributed by atoms with Gasteiger partial charge in [-0.2, -0.15) is 0 Å². The van der Waals surface area contributed by atoms with Crippen LogP contribution in [0, 0.1) is 5.82 Å². The Balaban J connectivity index is 1.89. The summed E-state index contributed by atoms with van der Waals surface area (Å²) in [7, 11) is 2.97. The summed E-state index contributed by atoms with van der Waals surface area (Å²) in [6, 6.07) is 10.9. The van der Waals surface area contributed by atoms with Crippen LogP contribution >= 0.6 is 0 Å². The molecule has 0 aliphatic carbocycles. The SMILES string of the molecule is COc1ccc(NC(=O)COC(=O)/C=C/c2ccccc2F)c(OC)c1. The van der Waals surface area contributed by atoms with Crippen molar-refractivity contribution in [3.8, 4) is 11.5 Å². The molecule has 0 saturated heterocycles. The molecule has 6 nitrogen and oxygen atoms in total. The van der Waals surface area contributed by atoms with Crippen molar-refractivity contribution < 1.29 is 28.2 Å². The second-order valence-corrected chi connectivity index (χ2v) is 5.08. The van der Waals surface area contributed by atoms with Gasteiger partial charge in [-0.1, -0.05) is 18.2 Å². The molecule has 2 aromatic rings. The number of hydrogen-bond donors (Lipinski definition) is 1. The van der Waals surface area contributed by atoms with Crippen LogP contribution in [0.5, 0.6) is 11.5 Å². The Morgan fingerprint density at radius 3 is 2.58 bits per heavy atom. The Morgan fingerprint density at radius 1 is 1.12 bits per heavy atom. The monoisotopic (exact) mass is 359 g/mol. The summed E-state index contributed by atoms with van der Waals surface area (Å²) in [6.45, 7) is -0.490. The minimum Gasteiger partial charge on any atom is -0.497 e. The van der Waals surface area contributed by atoms with Crippen LogP contribution in [-0.4, -0.2) is 32.7 Å². The zero-order chi connectivity index (χ0) is 18.9. The standard InChI is InChI=1S/C19H18FNO5/c1-24-14-8-9-16(17(11-14)25-2)21-18(22)12-26-19(23)10-7-13-5-3-4-6-15(13)20/h3-11H,12H2,1-2H3,(H,21,22)/b10-7+. The lowest BCUT2D eigenvalue weighted by atomic mass is 10.2. The minimum atomic E-state index is -0.759. The van der Waals surface area contributed by atoms with Crippen LogP contribution in [0.15, 0.2) is 48.5 Å². The normalized spacial score (nSPS) is 10.4. The lowest BCUT2D eigenvalue weighted by Crippen LogP contribution is -2.20. The summed E-state index contributed by atoms with van der Waals surface area (Å²) in [6.07, 6.45) is 2.34. The van der Waals surface area contributed by atoms with E-state index in [1.807, 2.05) is 0 Å². The molecule has 0 aromatic heterocycles. The number of esters is 1. The fourth-order valence-electron chi connectivity index (χ4n) is 2.04. The van der Waals surface area contributed by atoms with Crippen molar-refractivity contribution in [2.75, 3.05) is 26.1 Å². The van der Waals surface area contributed by atoms with E-state index in [0.717, 1.165) is 6.08 Å². The third-order valence-corrected chi connectivity index (χ3v) is 3.33. The molecule has 1 N–H and O–H groups in total. The molecule has 0 radical (unpaired) electrons. The van der Waals surface area contributed by atoms with Crippen molar-refractivity contribution >= 4 is 23.6 Å². The highest BCUT2D eigenvalue weighted by atomic mass is 19.1. The molecular formula is C19H18FNO5. The van der Waals surface area contributed by atoms with Gasteiger partial charge in [0.05, 0.1) is 19.9 Å². The van der Waals surface area contributed by atoms with Gasteiger partial charge in [-0.05, 0) is 24.3 Å². The zero-order valence-corrected chi connectivity index (χ0v) is 14.3. The number of halogens is 1. The molecule has 136 valence electrons. The Hall–Kier alpha value is -3.35. The van der Waals surface area contributed by atoms with Gasteiger partial charge >= 0.3 is 5.97 Å². The summed E-state index contributed by atoms with van der Waals surface area (Å²) in [5.41, 5.74) is 0.660. The Morgan fingerprint density at radius 2 is 1.88 bits per heavy atom. The topological polar surface area (TPSA) is 73.9 Å². The average molecular weight is 359 g/mol. The molecule has 0 atom stereocenters. The molecule has 1 amide bonds. The van der Waals surface area contributed by atoms with E-state index in [9.17, 15) is 14.0 Å².